The Labute approximate surface area is 117 Å². The molecule has 0 aromatic carbocycles. The van der Waals surface area contributed by atoms with Crippen molar-refractivity contribution in [3.8, 4) is 0 Å². The summed E-state index contributed by atoms with van der Waals surface area (Å²) in [4.78, 5) is 14.2. The summed E-state index contributed by atoms with van der Waals surface area (Å²) in [5.41, 5.74) is 0. The first-order valence-corrected chi connectivity index (χ1v) is 6.77. The normalized spacial score (nSPS) is 18.8. The molecule has 5 heteroatoms. The van der Waals surface area contributed by atoms with Gasteiger partial charge < -0.3 is 15.0 Å². The number of nitrogens with one attached hydrogen (secondary N) is 1. The fourth-order valence-corrected chi connectivity index (χ4v) is 2.18. The summed E-state index contributed by atoms with van der Waals surface area (Å²) in [5, 5.41) is 3.32. The summed E-state index contributed by atoms with van der Waals surface area (Å²) in [7, 11) is 0. The molecule has 0 aliphatic carbocycles. The predicted molar refractivity (Wildman–Crippen MR) is 76.2 cm³/mol. The fourth-order valence-electron chi connectivity index (χ4n) is 2.18. The van der Waals surface area contributed by atoms with Gasteiger partial charge in [0.25, 0.3) is 0 Å². The van der Waals surface area contributed by atoms with Crippen LogP contribution in [0.15, 0.2) is 0 Å². The molecule has 1 aliphatic rings. The van der Waals surface area contributed by atoms with Gasteiger partial charge in [-0.1, -0.05) is 6.92 Å². The molecule has 1 aliphatic heterocycles. The van der Waals surface area contributed by atoms with E-state index in [-0.39, 0.29) is 24.4 Å². The smallest absolute Gasteiger partial charge is 0.225 e. The van der Waals surface area contributed by atoms with Crippen LogP contribution in [0.25, 0.3) is 0 Å². The minimum atomic E-state index is 0. The van der Waals surface area contributed by atoms with E-state index in [2.05, 4.69) is 12.2 Å². The second kappa shape index (κ2) is 9.59. The standard InChI is InChI=1S/C13H26N2O2.ClH/c1-4-8-15(12-5-7-14-10-12)13(16)6-9-17-11(2)3;/h11-12,14H,4-10H2,1-3H3;1H. The highest BCUT2D eigenvalue weighted by Crippen LogP contribution is 2.11. The number of amides is 1. The van der Waals surface area contributed by atoms with Crippen molar-refractivity contribution in [2.45, 2.75) is 52.2 Å². The molecule has 1 rings (SSSR count). The zero-order chi connectivity index (χ0) is 12.7. The first-order chi connectivity index (χ1) is 8.15. The third kappa shape index (κ3) is 6.03. The maximum atomic E-state index is 12.1. The van der Waals surface area contributed by atoms with E-state index in [1.807, 2.05) is 18.7 Å². The average Bonchev–Trinajstić information content (AvgIpc) is 2.78. The zero-order valence-corrected chi connectivity index (χ0v) is 12.6. The van der Waals surface area contributed by atoms with Crippen molar-refractivity contribution in [1.82, 2.24) is 10.2 Å². The van der Waals surface area contributed by atoms with E-state index in [4.69, 9.17) is 4.74 Å². The molecule has 0 radical (unpaired) electrons. The second-order valence-corrected chi connectivity index (χ2v) is 4.90. The summed E-state index contributed by atoms with van der Waals surface area (Å²) in [6, 6.07) is 0.390. The minimum Gasteiger partial charge on any atom is -0.378 e. The van der Waals surface area contributed by atoms with E-state index >= 15 is 0 Å². The SMILES string of the molecule is CCCN(C(=O)CCOC(C)C)C1CCNC1.Cl. The number of carbonyl (C=O) groups is 1. The van der Waals surface area contributed by atoms with Crippen molar-refractivity contribution in [3.05, 3.63) is 0 Å². The number of halogens is 1. The lowest BCUT2D eigenvalue weighted by molar-refractivity contribution is -0.134. The van der Waals surface area contributed by atoms with Gasteiger partial charge in [-0.15, -0.1) is 12.4 Å². The van der Waals surface area contributed by atoms with E-state index < -0.39 is 0 Å². The van der Waals surface area contributed by atoms with E-state index in [1.54, 1.807) is 0 Å². The van der Waals surface area contributed by atoms with Crippen LogP contribution in [0.2, 0.25) is 0 Å². The molecule has 108 valence electrons. The maximum absolute atomic E-state index is 12.1. The Hall–Kier alpha value is -0.320. The van der Waals surface area contributed by atoms with Gasteiger partial charge in [0.05, 0.1) is 19.1 Å². The monoisotopic (exact) mass is 278 g/mol. The van der Waals surface area contributed by atoms with Crippen molar-refractivity contribution in [3.63, 3.8) is 0 Å². The highest BCUT2D eigenvalue weighted by atomic mass is 35.5. The van der Waals surface area contributed by atoms with Gasteiger partial charge in [0, 0.05) is 19.1 Å². The Morgan fingerprint density at radius 1 is 1.50 bits per heavy atom. The number of rotatable bonds is 7. The van der Waals surface area contributed by atoms with Crippen LogP contribution in [-0.4, -0.2) is 49.2 Å². The molecular weight excluding hydrogens is 252 g/mol. The molecule has 1 heterocycles. The van der Waals surface area contributed by atoms with Crippen LogP contribution in [-0.2, 0) is 9.53 Å². The van der Waals surface area contributed by atoms with E-state index in [0.29, 0.717) is 19.1 Å². The third-order valence-corrected chi connectivity index (χ3v) is 3.03. The van der Waals surface area contributed by atoms with E-state index in [9.17, 15) is 4.79 Å². The van der Waals surface area contributed by atoms with Crippen molar-refractivity contribution < 1.29 is 9.53 Å². The van der Waals surface area contributed by atoms with Gasteiger partial charge in [0.15, 0.2) is 0 Å². The third-order valence-electron chi connectivity index (χ3n) is 3.03. The van der Waals surface area contributed by atoms with Crippen LogP contribution in [0.4, 0.5) is 0 Å². The predicted octanol–water partition coefficient (Wildman–Crippen LogP) is 1.82. The van der Waals surface area contributed by atoms with Gasteiger partial charge in [-0.05, 0) is 33.2 Å². The van der Waals surface area contributed by atoms with Crippen LogP contribution in [0.5, 0.6) is 0 Å². The Bertz CT molecular complexity index is 231. The van der Waals surface area contributed by atoms with Gasteiger partial charge in [0.1, 0.15) is 0 Å². The average molecular weight is 279 g/mol. The van der Waals surface area contributed by atoms with Crippen LogP contribution < -0.4 is 5.32 Å². The highest BCUT2D eigenvalue weighted by Gasteiger charge is 2.25. The van der Waals surface area contributed by atoms with E-state index in [0.717, 1.165) is 32.5 Å². The molecule has 0 saturated carbocycles. The molecule has 1 fully saturated rings. The summed E-state index contributed by atoms with van der Waals surface area (Å²) < 4.78 is 5.44. The highest BCUT2D eigenvalue weighted by molar-refractivity contribution is 5.85. The topological polar surface area (TPSA) is 41.6 Å². The van der Waals surface area contributed by atoms with Crippen LogP contribution >= 0.6 is 12.4 Å². The largest absolute Gasteiger partial charge is 0.378 e. The molecule has 1 amide bonds. The van der Waals surface area contributed by atoms with Crippen molar-refractivity contribution in [1.29, 1.82) is 0 Å². The van der Waals surface area contributed by atoms with Crippen LogP contribution in [0.3, 0.4) is 0 Å². The molecule has 1 unspecified atom stereocenters. The number of hydrogen-bond acceptors (Lipinski definition) is 3. The zero-order valence-electron chi connectivity index (χ0n) is 11.8. The number of ether oxygens (including phenoxy) is 1. The quantitative estimate of drug-likeness (QED) is 0.772. The summed E-state index contributed by atoms with van der Waals surface area (Å²) >= 11 is 0. The van der Waals surface area contributed by atoms with Gasteiger partial charge in [-0.25, -0.2) is 0 Å². The van der Waals surface area contributed by atoms with Gasteiger partial charge >= 0.3 is 0 Å². The number of hydrogen-bond donors (Lipinski definition) is 1. The van der Waals surface area contributed by atoms with Crippen LogP contribution in [0, 0.1) is 0 Å². The van der Waals surface area contributed by atoms with Crippen LogP contribution in [0.1, 0.15) is 40.0 Å². The van der Waals surface area contributed by atoms with Crippen molar-refractivity contribution in [2.24, 2.45) is 0 Å². The summed E-state index contributed by atoms with van der Waals surface area (Å²) in [6.07, 6.45) is 2.81. The number of nitrogens with zero attached hydrogens (tertiary/aromatic N) is 1. The summed E-state index contributed by atoms with van der Waals surface area (Å²) in [5.74, 6) is 0.237. The molecule has 0 aromatic heterocycles. The maximum Gasteiger partial charge on any atom is 0.225 e. The Morgan fingerprint density at radius 3 is 2.72 bits per heavy atom. The Kier molecular flexibility index (Phi) is 9.42. The molecule has 0 bridgehead atoms. The Morgan fingerprint density at radius 2 is 2.22 bits per heavy atom. The van der Waals surface area contributed by atoms with Gasteiger partial charge in [0.2, 0.25) is 5.91 Å². The fraction of sp³-hybridized carbons (Fsp3) is 0.923. The number of carbonyl (C=O) groups excluding carboxylic acids is 1. The van der Waals surface area contributed by atoms with E-state index in [1.165, 1.54) is 0 Å². The minimum absolute atomic E-state index is 0. The molecule has 18 heavy (non-hydrogen) atoms. The summed E-state index contributed by atoms with van der Waals surface area (Å²) in [6.45, 7) is 9.48. The van der Waals surface area contributed by atoms with Gasteiger partial charge in [-0.2, -0.15) is 0 Å². The first kappa shape index (κ1) is 17.7. The lowest BCUT2D eigenvalue weighted by Crippen LogP contribution is -2.42. The van der Waals surface area contributed by atoms with Crippen molar-refractivity contribution in [2.75, 3.05) is 26.2 Å². The van der Waals surface area contributed by atoms with Gasteiger partial charge in [-0.3, -0.25) is 4.79 Å². The first-order valence-electron chi connectivity index (χ1n) is 6.77. The lowest BCUT2D eigenvalue weighted by atomic mass is 10.2. The Balaban J connectivity index is 0.00000289. The molecular formula is C13H27ClN2O2. The molecule has 0 aromatic rings. The molecule has 0 spiro atoms. The second-order valence-electron chi connectivity index (χ2n) is 4.90. The van der Waals surface area contributed by atoms with Crippen molar-refractivity contribution >= 4 is 18.3 Å². The lowest BCUT2D eigenvalue weighted by Gasteiger charge is -2.28. The molecule has 1 atom stereocenters. The molecule has 1 N–H and O–H groups in total. The molecule has 1 saturated heterocycles. The molecule has 4 nitrogen and oxygen atoms in total.